The Kier molecular flexibility index (Phi) is 8.22. The molecular formula is C19H30BrN2O2+. The van der Waals surface area contributed by atoms with E-state index >= 15 is 0 Å². The van der Waals surface area contributed by atoms with E-state index in [4.69, 9.17) is 4.74 Å². The standard InChI is InChI=1S/C19H29BrN2O2/c1-15(2)24-13-3-10-21-19(23)17-8-11-22(12-9-17)14-16-4-6-18(20)7-5-16/h4-7,15,17H,3,8-14H2,1-2H3,(H,21,23)/p+1. The number of piperidine rings is 1. The third-order valence-electron chi connectivity index (χ3n) is 4.50. The molecule has 2 rings (SSSR count). The van der Waals surface area contributed by atoms with E-state index < -0.39 is 0 Å². The average molecular weight is 398 g/mol. The van der Waals surface area contributed by atoms with Crippen molar-refractivity contribution in [3.05, 3.63) is 34.3 Å². The SMILES string of the molecule is CC(C)OCCCNC(=O)C1CC[NH+](Cc2ccc(Br)cc2)CC1. The van der Waals surface area contributed by atoms with Gasteiger partial charge in [0.15, 0.2) is 0 Å². The van der Waals surface area contributed by atoms with Crippen LogP contribution in [0.2, 0.25) is 0 Å². The quantitative estimate of drug-likeness (QED) is 0.660. The van der Waals surface area contributed by atoms with E-state index in [2.05, 4.69) is 45.5 Å². The van der Waals surface area contributed by atoms with Crippen molar-refractivity contribution in [3.63, 3.8) is 0 Å². The van der Waals surface area contributed by atoms with Gasteiger partial charge in [0.2, 0.25) is 5.91 Å². The van der Waals surface area contributed by atoms with Crippen LogP contribution < -0.4 is 10.2 Å². The number of amides is 1. The fraction of sp³-hybridized carbons (Fsp3) is 0.632. The van der Waals surface area contributed by atoms with E-state index in [1.165, 1.54) is 5.56 Å². The summed E-state index contributed by atoms with van der Waals surface area (Å²) in [5, 5.41) is 3.06. The zero-order chi connectivity index (χ0) is 17.4. The van der Waals surface area contributed by atoms with Gasteiger partial charge < -0.3 is 15.0 Å². The van der Waals surface area contributed by atoms with Crippen molar-refractivity contribution in [3.8, 4) is 0 Å². The zero-order valence-electron chi connectivity index (χ0n) is 14.8. The minimum atomic E-state index is 0.185. The molecule has 134 valence electrons. The summed E-state index contributed by atoms with van der Waals surface area (Å²) in [6.07, 6.45) is 3.12. The van der Waals surface area contributed by atoms with E-state index in [1.54, 1.807) is 4.90 Å². The molecule has 1 saturated heterocycles. The summed E-state index contributed by atoms with van der Waals surface area (Å²) in [7, 11) is 0. The third kappa shape index (κ3) is 6.91. The van der Waals surface area contributed by atoms with Crippen molar-refractivity contribution in [1.82, 2.24) is 5.32 Å². The van der Waals surface area contributed by atoms with Gasteiger partial charge in [-0.1, -0.05) is 28.1 Å². The van der Waals surface area contributed by atoms with E-state index in [0.29, 0.717) is 6.61 Å². The Morgan fingerprint density at radius 3 is 2.58 bits per heavy atom. The van der Waals surface area contributed by atoms with Gasteiger partial charge in [0.25, 0.3) is 0 Å². The molecule has 2 N–H and O–H groups in total. The first-order chi connectivity index (χ1) is 11.5. The summed E-state index contributed by atoms with van der Waals surface area (Å²) >= 11 is 3.47. The summed E-state index contributed by atoms with van der Waals surface area (Å²) in [6.45, 7) is 8.70. The van der Waals surface area contributed by atoms with Crippen LogP contribution in [0.15, 0.2) is 28.7 Å². The molecule has 0 aliphatic carbocycles. The van der Waals surface area contributed by atoms with Crippen LogP contribution in [0, 0.1) is 5.92 Å². The second-order valence-electron chi connectivity index (χ2n) is 6.89. The molecular weight excluding hydrogens is 368 g/mol. The topological polar surface area (TPSA) is 42.8 Å². The van der Waals surface area contributed by atoms with Crippen LogP contribution in [0.25, 0.3) is 0 Å². The molecule has 5 heteroatoms. The van der Waals surface area contributed by atoms with Gasteiger partial charge in [-0.2, -0.15) is 0 Å². The molecule has 1 aromatic carbocycles. The highest BCUT2D eigenvalue weighted by Gasteiger charge is 2.27. The molecule has 0 atom stereocenters. The maximum atomic E-state index is 12.2. The number of hydrogen-bond donors (Lipinski definition) is 2. The molecule has 1 aliphatic rings. The Hall–Kier alpha value is -0.910. The van der Waals surface area contributed by atoms with Gasteiger partial charge in [0.1, 0.15) is 6.54 Å². The monoisotopic (exact) mass is 397 g/mol. The van der Waals surface area contributed by atoms with Crippen molar-refractivity contribution >= 4 is 21.8 Å². The van der Waals surface area contributed by atoms with Crippen LogP contribution in [0.4, 0.5) is 0 Å². The van der Waals surface area contributed by atoms with Crippen molar-refractivity contribution in [2.75, 3.05) is 26.2 Å². The first-order valence-corrected chi connectivity index (χ1v) is 9.81. The predicted octanol–water partition coefficient (Wildman–Crippen LogP) is 2.18. The Morgan fingerprint density at radius 2 is 1.96 bits per heavy atom. The maximum Gasteiger partial charge on any atom is 0.223 e. The number of likely N-dealkylation sites (tertiary alicyclic amines) is 1. The number of benzene rings is 1. The lowest BCUT2D eigenvalue weighted by Gasteiger charge is -2.28. The number of hydrogen-bond acceptors (Lipinski definition) is 2. The lowest BCUT2D eigenvalue weighted by Crippen LogP contribution is -3.11. The first kappa shape index (κ1) is 19.4. The molecule has 4 nitrogen and oxygen atoms in total. The molecule has 1 heterocycles. The molecule has 0 spiro atoms. The van der Waals surface area contributed by atoms with Crippen LogP contribution in [-0.4, -0.2) is 38.3 Å². The smallest absolute Gasteiger partial charge is 0.223 e. The van der Waals surface area contributed by atoms with Crippen LogP contribution in [0.1, 0.15) is 38.7 Å². The summed E-state index contributed by atoms with van der Waals surface area (Å²) in [5.41, 5.74) is 1.36. The fourth-order valence-corrected chi connectivity index (χ4v) is 3.37. The third-order valence-corrected chi connectivity index (χ3v) is 5.03. The van der Waals surface area contributed by atoms with Gasteiger partial charge >= 0.3 is 0 Å². The minimum absolute atomic E-state index is 0.185. The van der Waals surface area contributed by atoms with Crippen molar-refractivity contribution in [1.29, 1.82) is 0 Å². The molecule has 1 fully saturated rings. The normalized spacial score (nSPS) is 21.0. The van der Waals surface area contributed by atoms with E-state index in [0.717, 1.165) is 49.9 Å². The van der Waals surface area contributed by atoms with Crippen LogP contribution in [-0.2, 0) is 16.1 Å². The van der Waals surface area contributed by atoms with E-state index in [-0.39, 0.29) is 17.9 Å². The number of rotatable bonds is 8. The molecule has 1 aromatic rings. The number of carbonyl (C=O) groups excluding carboxylic acids is 1. The van der Waals surface area contributed by atoms with Crippen LogP contribution in [0.5, 0.6) is 0 Å². The molecule has 0 aromatic heterocycles. The second kappa shape index (κ2) is 10.2. The Morgan fingerprint density at radius 1 is 1.29 bits per heavy atom. The van der Waals surface area contributed by atoms with Gasteiger partial charge in [-0.25, -0.2) is 0 Å². The van der Waals surface area contributed by atoms with Crippen molar-refractivity contribution in [2.24, 2.45) is 5.92 Å². The van der Waals surface area contributed by atoms with Crippen LogP contribution >= 0.6 is 15.9 Å². The molecule has 1 amide bonds. The molecule has 0 unspecified atom stereocenters. The Labute approximate surface area is 154 Å². The highest BCUT2D eigenvalue weighted by molar-refractivity contribution is 9.10. The van der Waals surface area contributed by atoms with Gasteiger partial charge in [-0.3, -0.25) is 4.79 Å². The summed E-state index contributed by atoms with van der Waals surface area (Å²) in [4.78, 5) is 13.8. The zero-order valence-corrected chi connectivity index (χ0v) is 16.4. The first-order valence-electron chi connectivity index (χ1n) is 9.02. The maximum absolute atomic E-state index is 12.2. The highest BCUT2D eigenvalue weighted by Crippen LogP contribution is 2.12. The number of nitrogens with one attached hydrogen (secondary N) is 2. The van der Waals surface area contributed by atoms with Crippen molar-refractivity contribution < 1.29 is 14.4 Å². The largest absolute Gasteiger partial charge is 0.379 e. The summed E-state index contributed by atoms with van der Waals surface area (Å²) < 4.78 is 6.61. The van der Waals surface area contributed by atoms with Gasteiger partial charge in [0.05, 0.1) is 19.2 Å². The van der Waals surface area contributed by atoms with Gasteiger partial charge in [-0.15, -0.1) is 0 Å². The predicted molar refractivity (Wildman–Crippen MR) is 100.0 cm³/mol. The lowest BCUT2D eigenvalue weighted by molar-refractivity contribution is -0.919. The fourth-order valence-electron chi connectivity index (χ4n) is 3.10. The summed E-state index contributed by atoms with van der Waals surface area (Å²) in [6, 6.07) is 8.54. The highest BCUT2D eigenvalue weighted by atomic mass is 79.9. The van der Waals surface area contributed by atoms with E-state index in [1.807, 2.05) is 13.8 Å². The van der Waals surface area contributed by atoms with E-state index in [9.17, 15) is 4.79 Å². The minimum Gasteiger partial charge on any atom is -0.379 e. The van der Waals surface area contributed by atoms with Gasteiger partial charge in [0, 0.05) is 41.9 Å². The molecule has 0 bridgehead atoms. The Bertz CT molecular complexity index is 497. The summed E-state index contributed by atoms with van der Waals surface area (Å²) in [5.74, 6) is 0.409. The molecule has 1 aliphatic heterocycles. The molecule has 0 radical (unpaired) electrons. The van der Waals surface area contributed by atoms with Gasteiger partial charge in [-0.05, 0) is 32.4 Å². The average Bonchev–Trinajstić information content (AvgIpc) is 2.57. The van der Waals surface area contributed by atoms with Crippen LogP contribution in [0.3, 0.4) is 0 Å². The second-order valence-corrected chi connectivity index (χ2v) is 7.81. The number of carbonyl (C=O) groups is 1. The van der Waals surface area contributed by atoms with Crippen molar-refractivity contribution in [2.45, 2.75) is 45.8 Å². The Balaban J connectivity index is 1.63. The number of quaternary nitrogens is 1. The molecule has 0 saturated carbocycles. The number of ether oxygens (including phenoxy) is 1. The lowest BCUT2D eigenvalue weighted by atomic mass is 9.95. The molecule has 24 heavy (non-hydrogen) atoms. The number of halogens is 1.